The first-order chi connectivity index (χ1) is 9.74. The second-order valence-electron chi connectivity index (χ2n) is 5.00. The van der Waals surface area contributed by atoms with Crippen molar-refractivity contribution in [3.05, 3.63) is 55.3 Å². The van der Waals surface area contributed by atoms with Crippen LogP contribution in [-0.2, 0) is 21.1 Å². The number of pyridine rings is 2. The Labute approximate surface area is 140 Å². The van der Waals surface area contributed by atoms with Crippen molar-refractivity contribution in [3.8, 4) is 11.1 Å². The summed E-state index contributed by atoms with van der Waals surface area (Å²) in [6, 6.07) is 8.53. The Bertz CT molecular complexity index is 601. The number of anilines is 1. The van der Waals surface area contributed by atoms with Gasteiger partial charge < -0.3 is 9.62 Å². The van der Waals surface area contributed by atoms with Crippen LogP contribution < -0.4 is 4.81 Å². The van der Waals surface area contributed by atoms with Gasteiger partial charge in [0.2, 0.25) is 0 Å². The molecule has 0 N–H and O–H groups in total. The zero-order valence-corrected chi connectivity index (χ0v) is 14.2. The Morgan fingerprint density at radius 2 is 1.76 bits per heavy atom. The van der Waals surface area contributed by atoms with Gasteiger partial charge in [-0.15, -0.1) is 0 Å². The molecule has 3 rings (SSSR count). The third-order valence-electron chi connectivity index (χ3n) is 3.28. The maximum atomic E-state index is 4.53. The van der Waals surface area contributed by atoms with E-state index in [1.54, 1.807) is 12.4 Å². The van der Waals surface area contributed by atoms with E-state index in [0.717, 1.165) is 16.9 Å². The van der Waals surface area contributed by atoms with E-state index in [1.807, 2.05) is 35.4 Å². The SMILES string of the molecule is CC(C)N1[B]N(c2ccc(-c3ccncc3)cn2)C=C1.[Pt]. The monoisotopic (exact) mass is 458 g/mol. The minimum atomic E-state index is 0. The quantitative estimate of drug-likeness (QED) is 0.663. The molecule has 1 aliphatic heterocycles. The van der Waals surface area contributed by atoms with Gasteiger partial charge in [0.1, 0.15) is 5.82 Å². The van der Waals surface area contributed by atoms with Crippen molar-refractivity contribution in [1.82, 2.24) is 14.8 Å². The van der Waals surface area contributed by atoms with Crippen molar-refractivity contribution in [2.45, 2.75) is 19.9 Å². The van der Waals surface area contributed by atoms with Crippen molar-refractivity contribution >= 4 is 13.4 Å². The molecule has 6 heteroatoms. The molecular weight excluding hydrogens is 442 g/mol. The molecule has 109 valence electrons. The molecule has 1 radical (unpaired) electrons. The van der Waals surface area contributed by atoms with Crippen molar-refractivity contribution < 1.29 is 21.1 Å². The predicted molar refractivity (Wildman–Crippen MR) is 81.8 cm³/mol. The third-order valence-corrected chi connectivity index (χ3v) is 3.28. The summed E-state index contributed by atoms with van der Waals surface area (Å²) in [6.45, 7) is 4.31. The van der Waals surface area contributed by atoms with Gasteiger partial charge in [0.25, 0.3) is 0 Å². The normalized spacial score (nSPS) is 13.3. The minimum Gasteiger partial charge on any atom is -0.401 e. The second kappa shape index (κ2) is 6.90. The fourth-order valence-corrected chi connectivity index (χ4v) is 2.06. The molecule has 0 amide bonds. The van der Waals surface area contributed by atoms with Crippen LogP contribution in [0, 0.1) is 0 Å². The van der Waals surface area contributed by atoms with Crippen LogP contribution in [0.3, 0.4) is 0 Å². The van der Waals surface area contributed by atoms with Gasteiger partial charge in [-0.05, 0) is 43.7 Å². The Morgan fingerprint density at radius 3 is 2.33 bits per heavy atom. The molecule has 4 nitrogen and oxygen atoms in total. The molecular formula is C15H16BN4Pt. The van der Waals surface area contributed by atoms with E-state index in [-0.39, 0.29) is 21.1 Å². The maximum Gasteiger partial charge on any atom is 0.396 e. The summed E-state index contributed by atoms with van der Waals surface area (Å²) in [7, 11) is 2.05. The van der Waals surface area contributed by atoms with Gasteiger partial charge in [0.05, 0.1) is 0 Å². The smallest absolute Gasteiger partial charge is 0.396 e. The predicted octanol–water partition coefficient (Wildman–Crippen LogP) is 2.68. The van der Waals surface area contributed by atoms with Gasteiger partial charge in [-0.3, -0.25) is 4.98 Å². The maximum absolute atomic E-state index is 4.53. The topological polar surface area (TPSA) is 32.3 Å². The molecule has 0 aliphatic carbocycles. The molecule has 2 aromatic rings. The van der Waals surface area contributed by atoms with Crippen LogP contribution in [0.25, 0.3) is 11.1 Å². The second-order valence-corrected chi connectivity index (χ2v) is 5.00. The van der Waals surface area contributed by atoms with Crippen LogP contribution in [0.2, 0.25) is 0 Å². The van der Waals surface area contributed by atoms with Gasteiger partial charge in [-0.2, -0.15) is 0 Å². The van der Waals surface area contributed by atoms with Crippen LogP contribution in [0.15, 0.2) is 55.3 Å². The number of hydrogen-bond donors (Lipinski definition) is 0. The first-order valence-electron chi connectivity index (χ1n) is 6.69. The zero-order chi connectivity index (χ0) is 13.9. The molecule has 0 atom stereocenters. The summed E-state index contributed by atoms with van der Waals surface area (Å²) in [5.41, 5.74) is 2.23. The van der Waals surface area contributed by atoms with Crippen LogP contribution >= 0.6 is 0 Å². The molecule has 0 fully saturated rings. The zero-order valence-electron chi connectivity index (χ0n) is 12.0. The number of rotatable bonds is 3. The fraction of sp³-hybridized carbons (Fsp3) is 0.200. The van der Waals surface area contributed by atoms with Gasteiger partial charge >= 0.3 is 7.55 Å². The number of aromatic nitrogens is 2. The van der Waals surface area contributed by atoms with Crippen molar-refractivity contribution in [2.24, 2.45) is 0 Å². The van der Waals surface area contributed by atoms with E-state index in [0.29, 0.717) is 6.04 Å². The van der Waals surface area contributed by atoms with Crippen molar-refractivity contribution in [2.75, 3.05) is 4.81 Å². The summed E-state index contributed by atoms with van der Waals surface area (Å²) >= 11 is 0. The average Bonchev–Trinajstić information content (AvgIpc) is 2.98. The molecule has 3 heterocycles. The fourth-order valence-electron chi connectivity index (χ4n) is 2.06. The Hall–Kier alpha value is -1.61. The average molecular weight is 458 g/mol. The third kappa shape index (κ3) is 3.54. The van der Waals surface area contributed by atoms with Crippen LogP contribution in [-0.4, -0.2) is 28.4 Å². The molecule has 0 aromatic carbocycles. The molecule has 0 saturated heterocycles. The van der Waals surface area contributed by atoms with E-state index in [4.69, 9.17) is 0 Å². The Morgan fingerprint density at radius 1 is 1.00 bits per heavy atom. The molecule has 2 aromatic heterocycles. The van der Waals surface area contributed by atoms with Crippen LogP contribution in [0.1, 0.15) is 13.8 Å². The Balaban J connectivity index is 0.00000161. The summed E-state index contributed by atoms with van der Waals surface area (Å²) in [6.07, 6.45) is 9.56. The standard InChI is InChI=1S/C15H16BN4.Pt/c1-12(2)19-9-10-20(16-19)15-4-3-14(11-18-15)13-5-7-17-8-6-13;/h3-12H,1-2H3;. The number of hydrogen-bond acceptors (Lipinski definition) is 4. The van der Waals surface area contributed by atoms with Crippen molar-refractivity contribution in [3.63, 3.8) is 0 Å². The molecule has 21 heavy (non-hydrogen) atoms. The first-order valence-corrected chi connectivity index (χ1v) is 6.69. The summed E-state index contributed by atoms with van der Waals surface area (Å²) < 4.78 is 0. The summed E-state index contributed by atoms with van der Waals surface area (Å²) in [4.78, 5) is 12.7. The molecule has 0 bridgehead atoms. The van der Waals surface area contributed by atoms with E-state index in [1.165, 1.54) is 0 Å². The van der Waals surface area contributed by atoms with E-state index < -0.39 is 0 Å². The largest absolute Gasteiger partial charge is 0.401 e. The van der Waals surface area contributed by atoms with E-state index in [9.17, 15) is 0 Å². The minimum absolute atomic E-state index is 0. The Kier molecular flexibility index (Phi) is 5.19. The van der Waals surface area contributed by atoms with E-state index >= 15 is 0 Å². The van der Waals surface area contributed by atoms with Crippen LogP contribution in [0.4, 0.5) is 5.82 Å². The van der Waals surface area contributed by atoms with Gasteiger partial charge in [0, 0.05) is 63.7 Å². The molecule has 1 aliphatic rings. The molecule has 0 saturated carbocycles. The molecule has 0 spiro atoms. The molecule has 0 unspecified atom stereocenters. The summed E-state index contributed by atoms with van der Waals surface area (Å²) in [5, 5.41) is 0. The first kappa shape index (κ1) is 15.8. The number of nitrogens with zero attached hydrogens (tertiary/aromatic N) is 4. The van der Waals surface area contributed by atoms with Crippen LogP contribution in [0.5, 0.6) is 0 Å². The van der Waals surface area contributed by atoms with Crippen molar-refractivity contribution in [1.29, 1.82) is 0 Å². The summed E-state index contributed by atoms with van der Waals surface area (Å²) in [5.74, 6) is 0.919. The van der Waals surface area contributed by atoms with Gasteiger partial charge in [-0.1, -0.05) is 0 Å². The van der Waals surface area contributed by atoms with Gasteiger partial charge in [0.15, 0.2) is 0 Å². The van der Waals surface area contributed by atoms with E-state index in [2.05, 4.69) is 48.4 Å². The van der Waals surface area contributed by atoms with Gasteiger partial charge in [-0.25, -0.2) is 4.98 Å².